The highest BCUT2D eigenvalue weighted by Gasteiger charge is 2.60. The van der Waals surface area contributed by atoms with Crippen molar-refractivity contribution in [2.24, 2.45) is 40.4 Å². The zero-order valence-electron chi connectivity index (χ0n) is 17.5. The third kappa shape index (κ3) is 2.95. The van der Waals surface area contributed by atoms with Crippen LogP contribution in [0.2, 0.25) is 0 Å². The topological polar surface area (TPSA) is 60.7 Å². The van der Waals surface area contributed by atoms with E-state index in [1.807, 2.05) is 0 Å². The Morgan fingerprint density at radius 2 is 1.93 bits per heavy atom. The highest BCUT2D eigenvalue weighted by atomic mass is 16.3. The molecular formula is C24H40O3. The summed E-state index contributed by atoms with van der Waals surface area (Å²) in [5.74, 6) is 3.52. The fourth-order valence-electron chi connectivity index (χ4n) is 8.29. The number of hydrogen-bond donors (Lipinski definition) is 3. The number of fused-ring (bicyclic) bond motifs is 5. The van der Waals surface area contributed by atoms with Gasteiger partial charge in [0.2, 0.25) is 0 Å². The van der Waals surface area contributed by atoms with Crippen LogP contribution in [-0.4, -0.2) is 34.1 Å². The van der Waals surface area contributed by atoms with Gasteiger partial charge in [0.1, 0.15) is 0 Å². The summed E-state index contributed by atoms with van der Waals surface area (Å²) in [7, 11) is 0. The van der Waals surface area contributed by atoms with Crippen molar-refractivity contribution in [3.8, 4) is 0 Å². The van der Waals surface area contributed by atoms with Crippen LogP contribution in [0.25, 0.3) is 0 Å². The van der Waals surface area contributed by atoms with Crippen molar-refractivity contribution in [2.75, 3.05) is 6.61 Å². The van der Waals surface area contributed by atoms with Crippen LogP contribution in [0.15, 0.2) is 11.6 Å². The smallest absolute Gasteiger partial charge is 0.0658 e. The number of allylic oxidation sites excluding steroid dienone is 1. The molecule has 4 rings (SSSR count). The maximum Gasteiger partial charge on any atom is 0.0658 e. The molecule has 0 unspecified atom stereocenters. The summed E-state index contributed by atoms with van der Waals surface area (Å²) in [6.07, 6.45) is 11.4. The van der Waals surface area contributed by atoms with E-state index in [2.05, 4.69) is 26.8 Å². The number of rotatable bonds is 4. The Bertz CT molecular complexity index is 586. The molecule has 0 aromatic carbocycles. The van der Waals surface area contributed by atoms with Crippen LogP contribution in [0.4, 0.5) is 0 Å². The van der Waals surface area contributed by atoms with Gasteiger partial charge in [0.15, 0.2) is 0 Å². The van der Waals surface area contributed by atoms with Gasteiger partial charge in [-0.1, -0.05) is 32.4 Å². The second-order valence-electron chi connectivity index (χ2n) is 10.8. The quantitative estimate of drug-likeness (QED) is 0.641. The minimum Gasteiger partial charge on any atom is -0.396 e. The summed E-state index contributed by atoms with van der Waals surface area (Å²) >= 11 is 0. The van der Waals surface area contributed by atoms with Crippen LogP contribution in [0.3, 0.4) is 0 Å². The molecule has 0 aliphatic heterocycles. The summed E-state index contributed by atoms with van der Waals surface area (Å²) in [6.45, 7) is 7.58. The van der Waals surface area contributed by atoms with Gasteiger partial charge in [0.05, 0.1) is 12.2 Å². The van der Waals surface area contributed by atoms with Gasteiger partial charge in [-0.05, 0) is 86.4 Å². The lowest BCUT2D eigenvalue weighted by Gasteiger charge is -2.59. The summed E-state index contributed by atoms with van der Waals surface area (Å²) in [5, 5.41) is 30.4. The molecule has 4 aliphatic carbocycles. The maximum atomic E-state index is 11.0. The molecule has 0 amide bonds. The van der Waals surface area contributed by atoms with E-state index in [-0.39, 0.29) is 11.5 Å². The second-order valence-corrected chi connectivity index (χ2v) is 10.8. The SMILES string of the molecule is C[C@H](CCCO)[C@H]1CC[C@H]2[C@@H]3CC=C4C[C@@H](O)C[C@H](O)[C@]4(C)[C@H]3CC[C@]12C. The molecule has 4 aliphatic rings. The predicted molar refractivity (Wildman–Crippen MR) is 108 cm³/mol. The monoisotopic (exact) mass is 376 g/mol. The molecule has 154 valence electrons. The average Bonchev–Trinajstić information content (AvgIpc) is 2.98. The number of aliphatic hydroxyl groups is 3. The van der Waals surface area contributed by atoms with Crippen molar-refractivity contribution in [2.45, 2.75) is 90.8 Å². The van der Waals surface area contributed by atoms with Crippen molar-refractivity contribution in [3.63, 3.8) is 0 Å². The van der Waals surface area contributed by atoms with E-state index in [1.54, 1.807) is 0 Å². The van der Waals surface area contributed by atoms with E-state index in [9.17, 15) is 15.3 Å². The molecule has 0 aromatic heterocycles. The van der Waals surface area contributed by atoms with Gasteiger partial charge < -0.3 is 15.3 Å². The molecule has 0 aromatic rings. The van der Waals surface area contributed by atoms with E-state index in [1.165, 1.54) is 31.3 Å². The van der Waals surface area contributed by atoms with Crippen LogP contribution in [-0.2, 0) is 0 Å². The first kappa shape index (κ1) is 19.9. The van der Waals surface area contributed by atoms with Crippen molar-refractivity contribution < 1.29 is 15.3 Å². The molecule has 3 nitrogen and oxygen atoms in total. The second kappa shape index (κ2) is 7.15. The first-order valence-electron chi connectivity index (χ1n) is 11.5. The summed E-state index contributed by atoms with van der Waals surface area (Å²) in [5.41, 5.74) is 1.64. The Kier molecular flexibility index (Phi) is 5.27. The van der Waals surface area contributed by atoms with Crippen LogP contribution in [0.1, 0.15) is 78.6 Å². The number of hydrogen-bond acceptors (Lipinski definition) is 3. The van der Waals surface area contributed by atoms with Gasteiger partial charge >= 0.3 is 0 Å². The molecular weight excluding hydrogens is 336 g/mol. The zero-order chi connectivity index (χ0) is 19.4. The van der Waals surface area contributed by atoms with E-state index in [0.29, 0.717) is 36.2 Å². The zero-order valence-corrected chi connectivity index (χ0v) is 17.5. The summed E-state index contributed by atoms with van der Waals surface area (Å²) in [6, 6.07) is 0. The Morgan fingerprint density at radius 3 is 2.67 bits per heavy atom. The van der Waals surface area contributed by atoms with Crippen LogP contribution in [0.5, 0.6) is 0 Å². The minimum atomic E-state index is -0.398. The Labute approximate surface area is 165 Å². The van der Waals surface area contributed by atoms with Crippen LogP contribution in [0, 0.1) is 40.4 Å². The van der Waals surface area contributed by atoms with Gasteiger partial charge in [0.25, 0.3) is 0 Å². The fourth-order valence-corrected chi connectivity index (χ4v) is 8.29. The van der Waals surface area contributed by atoms with Crippen LogP contribution < -0.4 is 0 Å². The molecule has 0 saturated heterocycles. The largest absolute Gasteiger partial charge is 0.396 e. The molecule has 0 heterocycles. The molecule has 0 radical (unpaired) electrons. The summed E-state index contributed by atoms with van der Waals surface area (Å²) in [4.78, 5) is 0. The van der Waals surface area contributed by atoms with Crippen LogP contribution >= 0.6 is 0 Å². The highest BCUT2D eigenvalue weighted by molar-refractivity contribution is 5.27. The van der Waals surface area contributed by atoms with E-state index in [0.717, 1.165) is 37.5 Å². The molecule has 3 N–H and O–H groups in total. The van der Waals surface area contributed by atoms with E-state index in [4.69, 9.17) is 0 Å². The van der Waals surface area contributed by atoms with E-state index < -0.39 is 6.10 Å². The van der Waals surface area contributed by atoms with Crippen molar-refractivity contribution >= 4 is 0 Å². The molecule has 27 heavy (non-hydrogen) atoms. The molecule has 0 spiro atoms. The first-order valence-corrected chi connectivity index (χ1v) is 11.5. The molecule has 9 atom stereocenters. The predicted octanol–water partition coefficient (Wildman–Crippen LogP) is 4.31. The molecule has 3 fully saturated rings. The average molecular weight is 377 g/mol. The molecule has 0 bridgehead atoms. The third-order valence-electron chi connectivity index (χ3n) is 9.76. The van der Waals surface area contributed by atoms with Crippen molar-refractivity contribution in [3.05, 3.63) is 11.6 Å². The molecule has 3 heteroatoms. The maximum absolute atomic E-state index is 11.0. The van der Waals surface area contributed by atoms with Gasteiger partial charge in [0, 0.05) is 18.4 Å². The van der Waals surface area contributed by atoms with Gasteiger partial charge in [-0.2, -0.15) is 0 Å². The normalized spacial score (nSPS) is 50.4. The van der Waals surface area contributed by atoms with Gasteiger partial charge in [-0.15, -0.1) is 0 Å². The lowest BCUT2D eigenvalue weighted by molar-refractivity contribution is -0.108. The fraction of sp³-hybridized carbons (Fsp3) is 0.917. The van der Waals surface area contributed by atoms with Crippen molar-refractivity contribution in [1.82, 2.24) is 0 Å². The van der Waals surface area contributed by atoms with Crippen molar-refractivity contribution in [1.29, 1.82) is 0 Å². The lowest BCUT2D eigenvalue weighted by atomic mass is 9.46. The third-order valence-corrected chi connectivity index (χ3v) is 9.76. The number of aliphatic hydroxyl groups excluding tert-OH is 3. The van der Waals surface area contributed by atoms with E-state index >= 15 is 0 Å². The standard InChI is InChI=1S/C24H40O3/c1-15(5-4-12-25)19-8-9-20-18-7-6-16-13-17(26)14-22(27)24(16,3)21(18)10-11-23(19,20)2/h6,15,17-22,25-27H,4-5,7-14H2,1-3H3/t15-,17-,18+,19-,20+,21+,22+,23-,24+/m1/s1. The Morgan fingerprint density at radius 1 is 1.15 bits per heavy atom. The Hall–Kier alpha value is -0.380. The minimum absolute atomic E-state index is 0.121. The van der Waals surface area contributed by atoms with Gasteiger partial charge in [-0.3, -0.25) is 0 Å². The summed E-state index contributed by atoms with van der Waals surface area (Å²) < 4.78 is 0. The Balaban J connectivity index is 1.59. The molecule has 3 saturated carbocycles. The van der Waals surface area contributed by atoms with Gasteiger partial charge in [-0.25, -0.2) is 0 Å². The lowest BCUT2D eigenvalue weighted by Crippen LogP contribution is -2.55. The highest BCUT2D eigenvalue weighted by Crippen LogP contribution is 2.67. The first-order chi connectivity index (χ1) is 12.8.